The van der Waals surface area contributed by atoms with Crippen LogP contribution in [0.15, 0.2) is 152 Å². The van der Waals surface area contributed by atoms with Crippen molar-refractivity contribution in [2.75, 3.05) is 0 Å². The summed E-state index contributed by atoms with van der Waals surface area (Å²) in [4.78, 5) is 10.4. The first kappa shape index (κ1) is 36.8. The van der Waals surface area contributed by atoms with Crippen molar-refractivity contribution in [2.24, 2.45) is 0 Å². The van der Waals surface area contributed by atoms with Crippen LogP contribution in [-0.2, 0) is 26.5 Å². The number of phenolic OH excluding ortho intramolecular Hbond substituents is 1. The average molecular weight is 937 g/mol. The average Bonchev–Trinajstić information content (AvgIpc) is 3.75. The molecule has 5 nitrogen and oxygen atoms in total. The fourth-order valence-electron chi connectivity index (χ4n) is 8.58. The van der Waals surface area contributed by atoms with Crippen molar-refractivity contribution in [3.63, 3.8) is 0 Å². The van der Waals surface area contributed by atoms with E-state index in [-0.39, 0.29) is 32.2 Å². The molecule has 0 saturated heterocycles. The van der Waals surface area contributed by atoms with Crippen LogP contribution < -0.4 is 10.4 Å². The van der Waals surface area contributed by atoms with Gasteiger partial charge in [-0.3, -0.25) is 4.57 Å². The zero-order chi connectivity index (χ0) is 38.3. The minimum absolute atomic E-state index is 0. The van der Waals surface area contributed by atoms with Crippen molar-refractivity contribution in [3.05, 3.63) is 163 Å². The summed E-state index contributed by atoms with van der Waals surface area (Å²) in [7, 11) is -2.21. The number of fused-ring (bicyclic) bond motifs is 5. The van der Waals surface area contributed by atoms with Crippen molar-refractivity contribution >= 4 is 40.5 Å². The molecule has 10 rings (SSSR count). The van der Waals surface area contributed by atoms with Gasteiger partial charge >= 0.3 is 0 Å². The zero-order valence-electron chi connectivity index (χ0n) is 32.5. The van der Waals surface area contributed by atoms with E-state index in [0.29, 0.717) is 11.4 Å². The Morgan fingerprint density at radius 3 is 2.09 bits per heavy atom. The fourth-order valence-corrected chi connectivity index (χ4v) is 11.5. The third kappa shape index (κ3) is 5.85. The van der Waals surface area contributed by atoms with Gasteiger partial charge in [-0.2, -0.15) is 0 Å². The Morgan fingerprint density at radius 1 is 0.632 bits per heavy atom. The maximum atomic E-state index is 11.5. The number of para-hydroxylation sites is 2. The molecule has 1 aliphatic rings. The summed E-state index contributed by atoms with van der Waals surface area (Å²) < 4.78 is 4.62. The predicted molar refractivity (Wildman–Crippen MR) is 233 cm³/mol. The van der Waals surface area contributed by atoms with Gasteiger partial charge in [-0.15, -0.1) is 28.9 Å². The van der Waals surface area contributed by atoms with Gasteiger partial charge in [-0.25, -0.2) is 4.98 Å². The molecule has 1 N–H and O–H groups in total. The number of hydrogen-bond acceptors (Lipinski definition) is 3. The van der Waals surface area contributed by atoms with Gasteiger partial charge in [0.1, 0.15) is 11.3 Å². The van der Waals surface area contributed by atoms with Gasteiger partial charge in [0.05, 0.1) is 24.8 Å². The van der Waals surface area contributed by atoms with Gasteiger partial charge in [0.2, 0.25) is 0 Å². The summed E-state index contributed by atoms with van der Waals surface area (Å²) >= 11 is 0. The number of aromatic hydroxyl groups is 1. The monoisotopic (exact) mass is 936 g/mol. The molecule has 0 aliphatic carbocycles. The molecular weight excluding hydrogens is 896 g/mol. The Morgan fingerprint density at radius 2 is 1.35 bits per heavy atom. The largest absolute Gasteiger partial charge is 0.507 e. The van der Waals surface area contributed by atoms with Gasteiger partial charge in [-0.1, -0.05) is 137 Å². The molecule has 0 saturated carbocycles. The summed E-state index contributed by atoms with van der Waals surface area (Å²) in [6.07, 6.45) is 1.89. The molecule has 0 bridgehead atoms. The van der Waals surface area contributed by atoms with Gasteiger partial charge in [0.25, 0.3) is 0 Å². The Hall–Kier alpha value is -5.81. The van der Waals surface area contributed by atoms with Crippen LogP contribution in [0.4, 0.5) is 0 Å². The van der Waals surface area contributed by atoms with E-state index in [4.69, 9.17) is 9.97 Å². The molecule has 0 radical (unpaired) electrons. The van der Waals surface area contributed by atoms with E-state index in [1.807, 2.05) is 30.5 Å². The second-order valence-electron chi connectivity index (χ2n) is 16.4. The number of nitrogens with zero attached hydrogens (tertiary/aromatic N) is 4. The van der Waals surface area contributed by atoms with E-state index in [2.05, 4.69) is 164 Å². The Balaban J connectivity index is 0.00000422. The van der Waals surface area contributed by atoms with Crippen LogP contribution in [0.2, 0.25) is 13.1 Å². The number of aromatic nitrogens is 4. The van der Waals surface area contributed by atoms with Crippen LogP contribution in [0.25, 0.3) is 78.3 Å². The van der Waals surface area contributed by atoms with Crippen molar-refractivity contribution in [2.45, 2.75) is 39.3 Å². The number of imidazole rings is 1. The Bertz CT molecular complexity index is 3000. The van der Waals surface area contributed by atoms with Gasteiger partial charge in [-0.05, 0) is 74.6 Å². The maximum absolute atomic E-state index is 11.5. The molecule has 0 amide bonds. The first-order valence-electron chi connectivity index (χ1n) is 19.2. The fraction of sp³-hybridized carbons (Fsp3) is 0.120. The van der Waals surface area contributed by atoms with Crippen LogP contribution >= 0.6 is 0 Å². The maximum Gasteiger partial charge on any atom is 0.163 e. The quantitative estimate of drug-likeness (QED) is 0.138. The minimum Gasteiger partial charge on any atom is -0.507 e. The van der Waals surface area contributed by atoms with Crippen LogP contribution in [0.3, 0.4) is 0 Å². The van der Waals surface area contributed by atoms with Gasteiger partial charge < -0.3 is 14.7 Å². The molecule has 4 heterocycles. The Labute approximate surface area is 348 Å². The van der Waals surface area contributed by atoms with Crippen molar-refractivity contribution in [1.29, 1.82) is 0 Å². The van der Waals surface area contributed by atoms with Gasteiger partial charge in [0.15, 0.2) is 11.5 Å². The molecular formula is C50H41N4OPtSi-. The molecule has 3 aromatic heterocycles. The number of hydrogen-bond donors (Lipinski definition) is 1. The van der Waals surface area contributed by atoms with Crippen molar-refractivity contribution in [3.8, 4) is 62.0 Å². The second-order valence-corrected chi connectivity index (χ2v) is 20.7. The zero-order valence-corrected chi connectivity index (χ0v) is 35.8. The van der Waals surface area contributed by atoms with Gasteiger partial charge in [0, 0.05) is 38.2 Å². The molecule has 6 aromatic carbocycles. The Kier molecular flexibility index (Phi) is 8.84. The second kappa shape index (κ2) is 13.7. The van der Waals surface area contributed by atoms with Crippen LogP contribution in [-0.4, -0.2) is 32.3 Å². The first-order valence-corrected chi connectivity index (χ1v) is 22.2. The first-order chi connectivity index (χ1) is 27.1. The third-order valence-corrected chi connectivity index (χ3v) is 15.1. The normalized spacial score (nSPS) is 13.1. The molecule has 1 aliphatic heterocycles. The van der Waals surface area contributed by atoms with E-state index in [0.717, 1.165) is 61.4 Å². The topological polar surface area (TPSA) is 55.9 Å². The summed E-state index contributed by atoms with van der Waals surface area (Å²) in [5, 5.41) is 15.3. The summed E-state index contributed by atoms with van der Waals surface area (Å²) in [6, 6.07) is 54.8. The van der Waals surface area contributed by atoms with Crippen molar-refractivity contribution in [1.82, 2.24) is 19.1 Å². The number of phenols is 1. The van der Waals surface area contributed by atoms with E-state index in [1.54, 1.807) is 6.07 Å². The predicted octanol–water partition coefficient (Wildman–Crippen LogP) is 11.0. The summed E-state index contributed by atoms with van der Waals surface area (Å²) in [6.45, 7) is 11.6. The number of pyridine rings is 1. The molecule has 0 unspecified atom stereocenters. The summed E-state index contributed by atoms with van der Waals surface area (Å²) in [5.74, 6) is 0.867. The van der Waals surface area contributed by atoms with Crippen LogP contribution in [0.1, 0.15) is 26.3 Å². The number of rotatable bonds is 5. The van der Waals surface area contributed by atoms with E-state index in [1.165, 1.54) is 21.5 Å². The van der Waals surface area contributed by atoms with E-state index in [9.17, 15) is 5.11 Å². The molecule has 282 valence electrons. The van der Waals surface area contributed by atoms with E-state index < -0.39 is 8.07 Å². The van der Waals surface area contributed by atoms with E-state index >= 15 is 0 Å². The standard InChI is InChI=1S/C50H41N4OSi.Pt/c1-50(2,3)36-24-25-41(39(31-36)33-17-10-7-11-18-33)53-47-38-20-14-22-45-46(38)54(49(47)52-48(53)37-19-12-13-21-43(37)55)42-30-35(23-26-44(42)56(45,4)5)40-29-34(27-28-51-40)32-15-8-6-9-16-32;/h6-29,31,55H,1-5H3;/q-1;. The summed E-state index contributed by atoms with van der Waals surface area (Å²) in [5.41, 5.74) is 13.2. The molecule has 0 atom stereocenters. The molecule has 7 heteroatoms. The van der Waals surface area contributed by atoms with Crippen LogP contribution in [0, 0.1) is 6.07 Å². The molecule has 0 spiro atoms. The molecule has 9 aromatic rings. The number of benzene rings is 6. The smallest absolute Gasteiger partial charge is 0.163 e. The SMILES string of the molecule is CC(C)(C)c1ccc(-n2c(-c3ccccc3O)nc3c2c2cccc4c2n3-c2[c-]c(-c3cc(-c5ccccc5)ccn3)ccc2[Si]4(C)C)c(-c2ccccc2)c1.[Pt]. The molecule has 0 fully saturated rings. The van der Waals surface area contributed by atoms with Crippen molar-refractivity contribution < 1.29 is 26.2 Å². The minimum atomic E-state index is -2.21. The third-order valence-electron chi connectivity index (χ3n) is 11.6. The van der Waals surface area contributed by atoms with Crippen LogP contribution in [0.5, 0.6) is 5.75 Å². The molecule has 57 heavy (non-hydrogen) atoms.